The van der Waals surface area contributed by atoms with E-state index in [0.717, 1.165) is 6.07 Å². The summed E-state index contributed by atoms with van der Waals surface area (Å²) in [6.45, 7) is 1.38. The smallest absolute Gasteiger partial charge is 0.346 e. The first-order chi connectivity index (χ1) is 11.4. The number of nitrogens with zero attached hydrogens (tertiary/aromatic N) is 3. The highest BCUT2D eigenvalue weighted by Gasteiger charge is 2.34. The van der Waals surface area contributed by atoms with E-state index in [1.165, 1.54) is 14.0 Å². The number of phenolic OH excluding ortho intramolecular Hbond substituents is 2. The highest BCUT2D eigenvalue weighted by molar-refractivity contribution is 6.02. The van der Waals surface area contributed by atoms with Crippen LogP contribution in [-0.4, -0.2) is 51.6 Å². The Labute approximate surface area is 134 Å². The van der Waals surface area contributed by atoms with Gasteiger partial charge in [-0.3, -0.25) is 10.1 Å². The molecule has 0 aliphatic rings. The van der Waals surface area contributed by atoms with E-state index in [-0.39, 0.29) is 30.5 Å². The first-order valence-electron chi connectivity index (χ1n) is 6.56. The Hall–Kier alpha value is -3.21. The first kappa shape index (κ1) is 17.1. The second kappa shape index (κ2) is 6.91. The van der Waals surface area contributed by atoms with Crippen molar-refractivity contribution in [2.75, 3.05) is 20.3 Å². The maximum atomic E-state index is 12.2. The molecule has 1 heterocycles. The highest BCUT2D eigenvalue weighted by atomic mass is 16.6. The van der Waals surface area contributed by atoms with Crippen molar-refractivity contribution in [3.63, 3.8) is 0 Å². The van der Waals surface area contributed by atoms with Crippen molar-refractivity contribution in [3.8, 4) is 22.9 Å². The summed E-state index contributed by atoms with van der Waals surface area (Å²) >= 11 is 0. The quantitative estimate of drug-likeness (QED) is 0.257. The van der Waals surface area contributed by atoms with Gasteiger partial charge in [-0.25, -0.2) is 4.79 Å². The van der Waals surface area contributed by atoms with Crippen LogP contribution >= 0.6 is 0 Å². The molecule has 1 aromatic heterocycles. The van der Waals surface area contributed by atoms with Gasteiger partial charge in [0.1, 0.15) is 6.61 Å². The topological polar surface area (TPSA) is 158 Å². The lowest BCUT2D eigenvalue weighted by molar-refractivity contribution is -0.386. The Morgan fingerprint density at radius 1 is 1.42 bits per heavy atom. The SMILES string of the molecule is COCCOC(=O)c1c(-c2noc(C)n2)cc(O)c(O)c1[N+](=O)[O-]. The zero-order chi connectivity index (χ0) is 17.9. The normalized spacial score (nSPS) is 10.6. The minimum atomic E-state index is -1.11. The van der Waals surface area contributed by atoms with Crippen LogP contribution in [0.15, 0.2) is 10.6 Å². The summed E-state index contributed by atoms with van der Waals surface area (Å²) in [5.74, 6) is -3.02. The van der Waals surface area contributed by atoms with E-state index in [2.05, 4.69) is 10.1 Å². The molecular formula is C13H13N3O8. The molecule has 0 aliphatic heterocycles. The van der Waals surface area contributed by atoms with Gasteiger partial charge in [-0.2, -0.15) is 4.98 Å². The van der Waals surface area contributed by atoms with Crippen LogP contribution < -0.4 is 0 Å². The fourth-order valence-electron chi connectivity index (χ4n) is 1.90. The molecule has 2 rings (SSSR count). The van der Waals surface area contributed by atoms with E-state index < -0.39 is 33.6 Å². The molecule has 0 bridgehead atoms. The van der Waals surface area contributed by atoms with Crippen molar-refractivity contribution in [1.29, 1.82) is 0 Å². The summed E-state index contributed by atoms with van der Waals surface area (Å²) in [7, 11) is 1.39. The molecule has 0 aliphatic carbocycles. The monoisotopic (exact) mass is 339 g/mol. The van der Waals surface area contributed by atoms with Gasteiger partial charge in [-0.15, -0.1) is 0 Å². The van der Waals surface area contributed by atoms with Crippen molar-refractivity contribution in [3.05, 3.63) is 27.6 Å². The Bertz CT molecular complexity index is 786. The molecule has 0 spiro atoms. The lowest BCUT2D eigenvalue weighted by Crippen LogP contribution is -2.13. The summed E-state index contributed by atoms with van der Waals surface area (Å²) in [5, 5.41) is 34.3. The molecule has 1 aromatic carbocycles. The van der Waals surface area contributed by atoms with Crippen LogP contribution in [0.2, 0.25) is 0 Å². The number of hydrogen-bond donors (Lipinski definition) is 2. The minimum absolute atomic E-state index is 0.0697. The Balaban J connectivity index is 2.65. The van der Waals surface area contributed by atoms with Gasteiger partial charge in [0, 0.05) is 19.6 Å². The number of aromatic hydroxyl groups is 2. The molecule has 2 N–H and O–H groups in total. The third-order valence-electron chi connectivity index (χ3n) is 2.93. The molecule has 0 saturated heterocycles. The van der Waals surface area contributed by atoms with E-state index >= 15 is 0 Å². The molecule has 2 aromatic rings. The lowest BCUT2D eigenvalue weighted by atomic mass is 10.0. The van der Waals surface area contributed by atoms with Crippen LogP contribution in [0.25, 0.3) is 11.4 Å². The van der Waals surface area contributed by atoms with E-state index in [0.29, 0.717) is 0 Å². The molecule has 11 heteroatoms. The van der Waals surface area contributed by atoms with Crippen molar-refractivity contribution in [2.45, 2.75) is 6.92 Å². The zero-order valence-corrected chi connectivity index (χ0v) is 12.7. The number of ether oxygens (including phenoxy) is 2. The maximum Gasteiger partial charge on any atom is 0.346 e. The van der Waals surface area contributed by atoms with Crippen LogP contribution in [0.5, 0.6) is 11.5 Å². The number of aromatic nitrogens is 2. The number of nitro groups is 1. The number of aryl methyl sites for hydroxylation is 1. The van der Waals surface area contributed by atoms with Crippen LogP contribution in [0.1, 0.15) is 16.2 Å². The van der Waals surface area contributed by atoms with E-state index in [1.54, 1.807) is 0 Å². The maximum absolute atomic E-state index is 12.2. The molecule has 0 amide bonds. The third-order valence-corrected chi connectivity index (χ3v) is 2.93. The summed E-state index contributed by atoms with van der Waals surface area (Å²) in [6, 6.07) is 0.916. The fourth-order valence-corrected chi connectivity index (χ4v) is 1.90. The van der Waals surface area contributed by atoms with Crippen LogP contribution in [-0.2, 0) is 9.47 Å². The molecule has 24 heavy (non-hydrogen) atoms. The van der Waals surface area contributed by atoms with Gasteiger partial charge >= 0.3 is 11.7 Å². The van der Waals surface area contributed by atoms with Gasteiger partial charge in [0.2, 0.25) is 17.5 Å². The predicted octanol–water partition coefficient (Wildman–Crippen LogP) is 1.17. The van der Waals surface area contributed by atoms with Crippen molar-refractivity contribution < 1.29 is 33.9 Å². The van der Waals surface area contributed by atoms with Crippen LogP contribution in [0.4, 0.5) is 5.69 Å². The number of hydrogen-bond acceptors (Lipinski definition) is 10. The Morgan fingerprint density at radius 3 is 2.67 bits per heavy atom. The molecule has 0 unspecified atom stereocenters. The van der Waals surface area contributed by atoms with Gasteiger partial charge in [0.05, 0.1) is 11.5 Å². The Kier molecular flexibility index (Phi) is 4.94. The number of methoxy groups -OCH3 is 1. The average molecular weight is 339 g/mol. The van der Waals surface area contributed by atoms with Gasteiger partial charge < -0.3 is 24.2 Å². The predicted molar refractivity (Wildman–Crippen MR) is 76.6 cm³/mol. The summed E-state index contributed by atoms with van der Waals surface area (Å²) < 4.78 is 14.4. The molecule has 0 radical (unpaired) electrons. The number of nitro benzene ring substituents is 1. The number of phenols is 2. The second-order valence-corrected chi connectivity index (χ2v) is 4.54. The second-order valence-electron chi connectivity index (χ2n) is 4.54. The molecule has 11 nitrogen and oxygen atoms in total. The van der Waals surface area contributed by atoms with E-state index in [1.807, 2.05) is 0 Å². The first-order valence-corrected chi connectivity index (χ1v) is 6.56. The fraction of sp³-hybridized carbons (Fsp3) is 0.308. The van der Waals surface area contributed by atoms with E-state index in [4.69, 9.17) is 14.0 Å². The molecular weight excluding hydrogens is 326 g/mol. The molecule has 128 valence electrons. The summed E-state index contributed by atoms with van der Waals surface area (Å²) in [6.07, 6.45) is 0. The van der Waals surface area contributed by atoms with Gasteiger partial charge in [-0.1, -0.05) is 5.16 Å². The average Bonchev–Trinajstić information content (AvgIpc) is 2.95. The highest BCUT2D eigenvalue weighted by Crippen LogP contribution is 2.43. The zero-order valence-electron chi connectivity index (χ0n) is 12.7. The number of carbonyl (C=O) groups is 1. The third kappa shape index (κ3) is 3.25. The number of benzene rings is 1. The molecule has 0 atom stereocenters. The van der Waals surface area contributed by atoms with Crippen LogP contribution in [0, 0.1) is 17.0 Å². The number of carbonyl (C=O) groups excluding carboxylic acids is 1. The summed E-state index contributed by atoms with van der Waals surface area (Å²) in [4.78, 5) is 26.4. The van der Waals surface area contributed by atoms with Crippen molar-refractivity contribution in [1.82, 2.24) is 10.1 Å². The standard InChI is InChI=1S/C13H13N3O8/c1-6-14-12(15-24-6)7-5-8(17)11(18)10(16(20)21)9(7)13(19)23-4-3-22-2/h5,17-18H,3-4H2,1-2H3. The van der Waals surface area contributed by atoms with Gasteiger partial charge in [0.15, 0.2) is 11.3 Å². The summed E-state index contributed by atoms with van der Waals surface area (Å²) in [5.41, 5.74) is -1.83. The van der Waals surface area contributed by atoms with Crippen molar-refractivity contribution in [2.24, 2.45) is 0 Å². The van der Waals surface area contributed by atoms with Gasteiger partial charge in [-0.05, 0) is 6.07 Å². The van der Waals surface area contributed by atoms with Gasteiger partial charge in [0.25, 0.3) is 0 Å². The minimum Gasteiger partial charge on any atom is -0.504 e. The number of rotatable bonds is 6. The number of esters is 1. The van der Waals surface area contributed by atoms with Crippen molar-refractivity contribution >= 4 is 11.7 Å². The molecule has 0 saturated carbocycles. The lowest BCUT2D eigenvalue weighted by Gasteiger charge is -2.10. The van der Waals surface area contributed by atoms with E-state index in [9.17, 15) is 25.1 Å². The Morgan fingerprint density at radius 2 is 2.12 bits per heavy atom. The molecule has 0 fully saturated rings. The van der Waals surface area contributed by atoms with Crippen LogP contribution in [0.3, 0.4) is 0 Å². The largest absolute Gasteiger partial charge is 0.504 e.